The molecule has 0 aromatic carbocycles. The summed E-state index contributed by atoms with van der Waals surface area (Å²) in [5, 5.41) is 3.23. The van der Waals surface area contributed by atoms with Crippen molar-refractivity contribution in [3.05, 3.63) is 18.5 Å². The predicted molar refractivity (Wildman–Crippen MR) is 65.5 cm³/mol. The van der Waals surface area contributed by atoms with Crippen molar-refractivity contribution < 1.29 is 17.9 Å². The highest BCUT2D eigenvalue weighted by Crippen LogP contribution is 2.22. The maximum atomic E-state index is 12.0. The molecule has 1 aliphatic heterocycles. The Bertz CT molecular complexity index is 405. The third-order valence-electron chi connectivity index (χ3n) is 2.84. The van der Waals surface area contributed by atoms with Crippen LogP contribution in [0.25, 0.3) is 0 Å². The first-order valence-electron chi connectivity index (χ1n) is 6.15. The molecule has 0 saturated carbocycles. The van der Waals surface area contributed by atoms with E-state index in [-0.39, 0.29) is 6.61 Å². The molecule has 0 spiro atoms. The van der Waals surface area contributed by atoms with E-state index in [9.17, 15) is 13.2 Å². The van der Waals surface area contributed by atoms with Crippen molar-refractivity contribution in [2.45, 2.75) is 12.6 Å². The minimum Gasteiger partial charge on any atom is -0.492 e. The lowest BCUT2D eigenvalue weighted by molar-refractivity contribution is -0.139. The van der Waals surface area contributed by atoms with Crippen LogP contribution in [0.15, 0.2) is 18.5 Å². The first-order chi connectivity index (χ1) is 9.04. The zero-order chi connectivity index (χ0) is 13.7. The summed E-state index contributed by atoms with van der Waals surface area (Å²) in [5.74, 6) is 0.375. The average molecular weight is 275 g/mol. The summed E-state index contributed by atoms with van der Waals surface area (Å²) in [5.41, 5.74) is 0.881. The quantitative estimate of drug-likeness (QED) is 0.909. The van der Waals surface area contributed by atoms with Crippen LogP contribution in [-0.2, 0) is 0 Å². The van der Waals surface area contributed by atoms with Crippen molar-refractivity contribution in [2.24, 2.45) is 0 Å². The van der Waals surface area contributed by atoms with Gasteiger partial charge in [0.2, 0.25) is 0 Å². The molecule has 19 heavy (non-hydrogen) atoms. The van der Waals surface area contributed by atoms with Gasteiger partial charge in [-0.25, -0.2) is 0 Å². The number of ether oxygens (including phenoxy) is 1. The number of rotatable bonds is 4. The number of alkyl halides is 3. The molecule has 0 bridgehead atoms. The second-order valence-electron chi connectivity index (χ2n) is 4.33. The summed E-state index contributed by atoms with van der Waals surface area (Å²) < 4.78 is 41.1. The maximum Gasteiger partial charge on any atom is 0.392 e. The van der Waals surface area contributed by atoms with E-state index in [1.807, 2.05) is 0 Å². The molecule has 4 nitrogen and oxygen atoms in total. The first-order valence-corrected chi connectivity index (χ1v) is 6.15. The number of anilines is 1. The van der Waals surface area contributed by atoms with Gasteiger partial charge in [-0.1, -0.05) is 0 Å². The SMILES string of the molecule is FC(F)(F)CCOc1cncc(N2CCNCC2)c1. The minimum atomic E-state index is -4.19. The molecule has 0 amide bonds. The number of halogens is 3. The van der Waals surface area contributed by atoms with Gasteiger partial charge in [0.05, 0.1) is 31.1 Å². The van der Waals surface area contributed by atoms with E-state index in [1.54, 1.807) is 12.3 Å². The van der Waals surface area contributed by atoms with Gasteiger partial charge in [0, 0.05) is 32.2 Å². The number of pyridine rings is 1. The lowest BCUT2D eigenvalue weighted by Crippen LogP contribution is -2.43. The van der Waals surface area contributed by atoms with Crippen LogP contribution in [0.2, 0.25) is 0 Å². The molecule has 1 fully saturated rings. The van der Waals surface area contributed by atoms with Gasteiger partial charge in [0.1, 0.15) is 5.75 Å². The average Bonchev–Trinajstić information content (AvgIpc) is 2.39. The fourth-order valence-corrected chi connectivity index (χ4v) is 1.87. The number of hydrogen-bond donors (Lipinski definition) is 1. The Kier molecular flexibility index (Phi) is 4.47. The summed E-state index contributed by atoms with van der Waals surface area (Å²) in [6.07, 6.45) is -2.02. The van der Waals surface area contributed by atoms with Crippen molar-refractivity contribution in [2.75, 3.05) is 37.7 Å². The standard InChI is InChI=1S/C12H16F3N3O/c13-12(14,15)1-6-19-11-7-10(8-17-9-11)18-4-2-16-3-5-18/h7-9,16H,1-6H2. The Morgan fingerprint density at radius 3 is 2.68 bits per heavy atom. The van der Waals surface area contributed by atoms with Crippen molar-refractivity contribution in [3.63, 3.8) is 0 Å². The maximum absolute atomic E-state index is 12.0. The van der Waals surface area contributed by atoms with Crippen LogP contribution < -0.4 is 15.0 Å². The molecular weight excluding hydrogens is 259 g/mol. The van der Waals surface area contributed by atoms with Crippen LogP contribution in [0.1, 0.15) is 6.42 Å². The minimum absolute atomic E-state index is 0.375. The van der Waals surface area contributed by atoms with E-state index in [0.717, 1.165) is 31.9 Å². The van der Waals surface area contributed by atoms with E-state index in [4.69, 9.17) is 4.74 Å². The van der Waals surface area contributed by atoms with Crippen molar-refractivity contribution in [1.29, 1.82) is 0 Å². The van der Waals surface area contributed by atoms with E-state index >= 15 is 0 Å². The molecule has 0 unspecified atom stereocenters. The second-order valence-corrected chi connectivity index (χ2v) is 4.33. The molecule has 7 heteroatoms. The predicted octanol–water partition coefficient (Wildman–Crippen LogP) is 1.82. The molecular formula is C12H16F3N3O. The Labute approximate surface area is 109 Å². The largest absolute Gasteiger partial charge is 0.492 e. The number of piperazine rings is 1. The van der Waals surface area contributed by atoms with E-state index in [1.165, 1.54) is 6.20 Å². The normalized spacial score (nSPS) is 16.5. The molecule has 0 atom stereocenters. The van der Waals surface area contributed by atoms with Gasteiger partial charge < -0.3 is 15.0 Å². The third kappa shape index (κ3) is 4.59. The molecule has 0 radical (unpaired) electrons. The van der Waals surface area contributed by atoms with Crippen LogP contribution in [0, 0.1) is 0 Å². The van der Waals surface area contributed by atoms with E-state index in [2.05, 4.69) is 15.2 Å². The van der Waals surface area contributed by atoms with Gasteiger partial charge in [0.15, 0.2) is 0 Å². The van der Waals surface area contributed by atoms with Crippen LogP contribution in [0.4, 0.5) is 18.9 Å². The molecule has 106 valence electrons. The summed E-state index contributed by atoms with van der Waals surface area (Å²) in [4.78, 5) is 6.13. The molecule has 1 aromatic heterocycles. The van der Waals surface area contributed by atoms with Crippen molar-refractivity contribution >= 4 is 5.69 Å². The fraction of sp³-hybridized carbons (Fsp3) is 0.583. The van der Waals surface area contributed by atoms with Crippen LogP contribution in [0.3, 0.4) is 0 Å². The lowest BCUT2D eigenvalue weighted by atomic mass is 10.3. The van der Waals surface area contributed by atoms with Crippen LogP contribution in [-0.4, -0.2) is 43.9 Å². The molecule has 1 aromatic rings. The zero-order valence-corrected chi connectivity index (χ0v) is 10.4. The number of aromatic nitrogens is 1. The molecule has 1 N–H and O–H groups in total. The highest BCUT2D eigenvalue weighted by atomic mass is 19.4. The van der Waals surface area contributed by atoms with Crippen LogP contribution >= 0.6 is 0 Å². The van der Waals surface area contributed by atoms with Gasteiger partial charge in [-0.3, -0.25) is 4.98 Å². The van der Waals surface area contributed by atoms with Gasteiger partial charge in [-0.05, 0) is 0 Å². The summed E-state index contributed by atoms with van der Waals surface area (Å²) >= 11 is 0. The molecule has 1 aliphatic rings. The number of nitrogens with one attached hydrogen (secondary N) is 1. The summed E-state index contributed by atoms with van der Waals surface area (Å²) in [7, 11) is 0. The zero-order valence-electron chi connectivity index (χ0n) is 10.4. The van der Waals surface area contributed by atoms with Gasteiger partial charge in [-0.15, -0.1) is 0 Å². The molecule has 2 heterocycles. The third-order valence-corrected chi connectivity index (χ3v) is 2.84. The Morgan fingerprint density at radius 2 is 2.00 bits per heavy atom. The molecule has 1 saturated heterocycles. The summed E-state index contributed by atoms with van der Waals surface area (Å²) in [6, 6.07) is 1.73. The van der Waals surface area contributed by atoms with E-state index in [0.29, 0.717) is 5.75 Å². The smallest absolute Gasteiger partial charge is 0.392 e. The highest BCUT2D eigenvalue weighted by Gasteiger charge is 2.26. The fourth-order valence-electron chi connectivity index (χ4n) is 1.87. The Morgan fingerprint density at radius 1 is 1.26 bits per heavy atom. The molecule has 0 aliphatic carbocycles. The van der Waals surface area contributed by atoms with E-state index < -0.39 is 12.6 Å². The van der Waals surface area contributed by atoms with Crippen molar-refractivity contribution in [1.82, 2.24) is 10.3 Å². The highest BCUT2D eigenvalue weighted by molar-refractivity contribution is 5.48. The first kappa shape index (κ1) is 13.9. The molecule has 2 rings (SSSR count). The Hall–Kier alpha value is -1.50. The topological polar surface area (TPSA) is 37.4 Å². The van der Waals surface area contributed by atoms with Gasteiger partial charge >= 0.3 is 6.18 Å². The Balaban J connectivity index is 1.91. The summed E-state index contributed by atoms with van der Waals surface area (Å²) in [6.45, 7) is 3.11. The number of hydrogen-bond acceptors (Lipinski definition) is 4. The van der Waals surface area contributed by atoms with Crippen LogP contribution in [0.5, 0.6) is 5.75 Å². The van der Waals surface area contributed by atoms with Gasteiger partial charge in [-0.2, -0.15) is 13.2 Å². The second kappa shape index (κ2) is 6.10. The number of nitrogens with zero attached hydrogens (tertiary/aromatic N) is 2. The lowest BCUT2D eigenvalue weighted by Gasteiger charge is -2.29. The van der Waals surface area contributed by atoms with Crippen molar-refractivity contribution in [3.8, 4) is 5.75 Å². The van der Waals surface area contributed by atoms with Gasteiger partial charge in [0.25, 0.3) is 0 Å². The monoisotopic (exact) mass is 275 g/mol.